The van der Waals surface area contributed by atoms with Crippen LogP contribution in [0.15, 0.2) is 35.4 Å². The quantitative estimate of drug-likeness (QED) is 0.394. The van der Waals surface area contributed by atoms with Crippen molar-refractivity contribution < 1.29 is 52.7 Å². The minimum Gasteiger partial charge on any atom is -0.225 e. The van der Waals surface area contributed by atoms with Crippen LogP contribution in [0, 0.1) is 17.5 Å². The van der Waals surface area contributed by atoms with E-state index in [0.29, 0.717) is 0 Å². The van der Waals surface area contributed by atoms with Crippen molar-refractivity contribution in [1.82, 2.24) is 0 Å². The van der Waals surface area contributed by atoms with Gasteiger partial charge in [-0.15, -0.1) is 0 Å². The first-order valence-electron chi connectivity index (χ1n) is 6.37. The highest BCUT2D eigenvalue weighted by Crippen LogP contribution is 2.58. The van der Waals surface area contributed by atoms with Gasteiger partial charge in [0.1, 0.15) is 0 Å². The third kappa shape index (κ3) is 2.84. The number of hydrogen-bond acceptors (Lipinski definition) is 0. The van der Waals surface area contributed by atoms with Crippen molar-refractivity contribution in [2.45, 2.75) is 23.9 Å². The Bertz CT molecular complexity index is 797. The molecule has 0 nitrogen and oxygen atoms in total. The van der Waals surface area contributed by atoms with E-state index in [0.717, 1.165) is 0 Å². The maximum absolute atomic E-state index is 14.5. The molecule has 2 atom stereocenters. The van der Waals surface area contributed by atoms with Crippen molar-refractivity contribution in [1.29, 1.82) is 0 Å². The maximum Gasteiger partial charge on any atom is 0.430 e. The fraction of sp³-hybridized carbons (Fsp3) is 0.286. The molecule has 0 heterocycles. The van der Waals surface area contributed by atoms with Gasteiger partial charge in [0.2, 0.25) is 0 Å². The summed E-state index contributed by atoms with van der Waals surface area (Å²) in [4.78, 5) is 0. The van der Waals surface area contributed by atoms with Crippen LogP contribution in [0.3, 0.4) is 0 Å². The van der Waals surface area contributed by atoms with Gasteiger partial charge in [-0.25, -0.2) is 26.3 Å². The molecule has 0 aliphatic heterocycles. The highest BCUT2D eigenvalue weighted by molar-refractivity contribution is 5.48. The number of benzene rings is 1. The van der Waals surface area contributed by atoms with E-state index in [1.807, 2.05) is 0 Å². The number of allylic oxidation sites excluding steroid dienone is 4. The summed E-state index contributed by atoms with van der Waals surface area (Å²) in [7, 11) is 0. The number of alkyl halides is 7. The van der Waals surface area contributed by atoms with Crippen molar-refractivity contribution in [3.63, 3.8) is 0 Å². The van der Waals surface area contributed by atoms with Crippen molar-refractivity contribution in [2.75, 3.05) is 0 Å². The van der Waals surface area contributed by atoms with E-state index in [-0.39, 0.29) is 12.1 Å². The normalized spacial score (nSPS) is 24.8. The Morgan fingerprint density at radius 2 is 1.35 bits per heavy atom. The van der Waals surface area contributed by atoms with Crippen LogP contribution in [0.2, 0.25) is 0 Å². The summed E-state index contributed by atoms with van der Waals surface area (Å²) >= 11 is 0. The molecule has 1 aromatic rings. The molecule has 1 aliphatic carbocycles. The summed E-state index contributed by atoms with van der Waals surface area (Å²) in [5.41, 5.74) is -10.4. The molecule has 0 radical (unpaired) electrons. The van der Waals surface area contributed by atoms with Crippen molar-refractivity contribution in [3.8, 4) is 0 Å². The molecule has 0 aromatic heterocycles. The zero-order chi connectivity index (χ0) is 20.2. The Labute approximate surface area is 136 Å². The van der Waals surface area contributed by atoms with Gasteiger partial charge in [-0.2, -0.15) is 26.3 Å². The van der Waals surface area contributed by atoms with Crippen LogP contribution in [0.5, 0.6) is 0 Å². The Morgan fingerprint density at radius 1 is 0.808 bits per heavy atom. The fourth-order valence-corrected chi connectivity index (χ4v) is 2.48. The molecule has 2 unspecified atom stereocenters. The summed E-state index contributed by atoms with van der Waals surface area (Å²) < 4.78 is 160. The standard InChI is InChI=1S/C14H4F12/c15-6-2-1-4(9(17)10(6)18)8-5(13(21,22)23)3-7(16)11(19)12(8,20)14(24,25)26/h1-3,8H. The highest BCUT2D eigenvalue weighted by atomic mass is 19.4. The van der Waals surface area contributed by atoms with Gasteiger partial charge in [-0.3, -0.25) is 0 Å². The van der Waals surface area contributed by atoms with E-state index < -0.39 is 70.3 Å². The third-order valence-corrected chi connectivity index (χ3v) is 3.64. The van der Waals surface area contributed by atoms with Crippen molar-refractivity contribution >= 4 is 0 Å². The molecule has 2 rings (SSSR count). The molecule has 12 heteroatoms. The first kappa shape index (κ1) is 20.2. The van der Waals surface area contributed by atoms with Gasteiger partial charge in [0.25, 0.3) is 5.67 Å². The lowest BCUT2D eigenvalue weighted by Gasteiger charge is -2.38. The zero-order valence-electron chi connectivity index (χ0n) is 11.8. The molecular formula is C14H4F12. The van der Waals surface area contributed by atoms with Crippen LogP contribution in [-0.4, -0.2) is 18.0 Å². The summed E-state index contributed by atoms with van der Waals surface area (Å²) in [6, 6.07) is -0.195. The van der Waals surface area contributed by atoms with Crippen LogP contribution < -0.4 is 0 Å². The topological polar surface area (TPSA) is 0 Å². The summed E-state index contributed by atoms with van der Waals surface area (Å²) in [6.45, 7) is 0. The first-order valence-corrected chi connectivity index (χ1v) is 6.37. The molecule has 0 saturated carbocycles. The molecule has 1 aromatic carbocycles. The van der Waals surface area contributed by atoms with E-state index in [9.17, 15) is 52.7 Å². The fourth-order valence-electron chi connectivity index (χ4n) is 2.48. The number of rotatable bonds is 1. The lowest BCUT2D eigenvalue weighted by molar-refractivity contribution is -0.232. The third-order valence-electron chi connectivity index (χ3n) is 3.64. The van der Waals surface area contributed by atoms with Crippen molar-refractivity contribution in [3.05, 3.63) is 58.5 Å². The van der Waals surface area contributed by atoms with Gasteiger partial charge in [0.05, 0.1) is 5.92 Å². The van der Waals surface area contributed by atoms with E-state index >= 15 is 0 Å². The number of halogens is 12. The molecule has 1 aliphatic rings. The van der Waals surface area contributed by atoms with E-state index in [2.05, 4.69) is 0 Å². The van der Waals surface area contributed by atoms with Gasteiger partial charge in [-0.1, -0.05) is 6.07 Å². The first-order chi connectivity index (χ1) is 11.6. The second-order valence-electron chi connectivity index (χ2n) is 5.17. The lowest BCUT2D eigenvalue weighted by atomic mass is 9.73. The average Bonchev–Trinajstić information content (AvgIpc) is 2.49. The Balaban J connectivity index is 2.92. The molecule has 0 saturated heterocycles. The minimum atomic E-state index is -6.50. The molecule has 0 bridgehead atoms. The van der Waals surface area contributed by atoms with Crippen molar-refractivity contribution in [2.24, 2.45) is 0 Å². The highest BCUT2D eigenvalue weighted by Gasteiger charge is 2.70. The molecule has 0 amide bonds. The van der Waals surface area contributed by atoms with Gasteiger partial charge in [-0.05, 0) is 12.1 Å². The molecule has 0 fully saturated rings. The van der Waals surface area contributed by atoms with Gasteiger partial charge >= 0.3 is 12.4 Å². The lowest BCUT2D eigenvalue weighted by Crippen LogP contribution is -2.51. The summed E-state index contributed by atoms with van der Waals surface area (Å²) in [5.74, 6) is -17.1. The van der Waals surface area contributed by atoms with Gasteiger partial charge < -0.3 is 0 Å². The van der Waals surface area contributed by atoms with Crippen LogP contribution in [0.1, 0.15) is 11.5 Å². The van der Waals surface area contributed by atoms with Crippen LogP contribution >= 0.6 is 0 Å². The second-order valence-corrected chi connectivity index (χ2v) is 5.17. The van der Waals surface area contributed by atoms with Crippen LogP contribution in [0.25, 0.3) is 0 Å². The Hall–Kier alpha value is -2.14. The molecule has 26 heavy (non-hydrogen) atoms. The molecule has 0 N–H and O–H groups in total. The van der Waals surface area contributed by atoms with Crippen LogP contribution in [-0.2, 0) is 0 Å². The van der Waals surface area contributed by atoms with E-state index in [1.54, 1.807) is 0 Å². The molecule has 144 valence electrons. The predicted octanol–water partition coefficient (Wildman–Crippen LogP) is 6.11. The SMILES string of the molecule is FC1=C(F)C(F)(C(F)(F)F)C(c2ccc(F)c(F)c2F)C(C(F)(F)F)=C1. The summed E-state index contributed by atoms with van der Waals surface area (Å²) in [6.07, 6.45) is -13.2. The predicted molar refractivity (Wildman–Crippen MR) is 62.3 cm³/mol. The van der Waals surface area contributed by atoms with Crippen LogP contribution in [0.4, 0.5) is 52.7 Å². The average molecular weight is 400 g/mol. The van der Waals surface area contributed by atoms with E-state index in [4.69, 9.17) is 0 Å². The zero-order valence-corrected chi connectivity index (χ0v) is 11.8. The molecular weight excluding hydrogens is 396 g/mol. The maximum atomic E-state index is 14.5. The smallest absolute Gasteiger partial charge is 0.225 e. The van der Waals surface area contributed by atoms with Gasteiger partial charge in [0.15, 0.2) is 29.1 Å². The molecule has 0 spiro atoms. The summed E-state index contributed by atoms with van der Waals surface area (Å²) in [5, 5.41) is 0. The second kappa shape index (κ2) is 5.95. The van der Waals surface area contributed by atoms with E-state index in [1.165, 1.54) is 0 Å². The largest absolute Gasteiger partial charge is 0.430 e. The Kier molecular flexibility index (Phi) is 4.61. The minimum absolute atomic E-state index is 0.0783. The van der Waals surface area contributed by atoms with Gasteiger partial charge in [0, 0.05) is 11.1 Å². The monoisotopic (exact) mass is 400 g/mol. The Morgan fingerprint density at radius 3 is 1.81 bits per heavy atom. The number of hydrogen-bond donors (Lipinski definition) is 0.